The number of nitrogens with one attached hydrogen (secondary N) is 1. The van der Waals surface area contributed by atoms with E-state index in [9.17, 15) is 0 Å². The Bertz CT molecular complexity index is 504. The molecule has 23 heavy (non-hydrogen) atoms. The first kappa shape index (κ1) is 20.8. The summed E-state index contributed by atoms with van der Waals surface area (Å²) in [5.41, 5.74) is 1.29. The minimum Gasteiger partial charge on any atom is -0.322 e. The second-order valence-electron chi connectivity index (χ2n) is 5.69. The molecule has 1 aromatic carbocycles. The van der Waals surface area contributed by atoms with Gasteiger partial charge in [0.15, 0.2) is 0 Å². The van der Waals surface area contributed by atoms with Crippen molar-refractivity contribution in [1.82, 2.24) is 5.09 Å². The zero-order chi connectivity index (χ0) is 17.1. The normalized spacial score (nSPS) is 12.8. The fourth-order valence-corrected chi connectivity index (χ4v) is 4.65. The summed E-state index contributed by atoms with van der Waals surface area (Å²) in [6.45, 7) is 7.65. The van der Waals surface area contributed by atoms with Gasteiger partial charge in [0.2, 0.25) is 0 Å². The number of rotatable bonds is 10. The predicted molar refractivity (Wildman–Crippen MR) is 101 cm³/mol. The van der Waals surface area contributed by atoms with E-state index >= 15 is 0 Å². The van der Waals surface area contributed by atoms with Crippen LogP contribution in [0, 0.1) is 11.3 Å². The van der Waals surface area contributed by atoms with Crippen molar-refractivity contribution in [2.75, 3.05) is 20.3 Å². The number of nitriles is 1. The van der Waals surface area contributed by atoms with Crippen LogP contribution in [0.15, 0.2) is 29.2 Å². The van der Waals surface area contributed by atoms with E-state index in [-0.39, 0.29) is 4.75 Å². The maximum atomic E-state index is 8.53. The van der Waals surface area contributed by atoms with Gasteiger partial charge < -0.3 is 9.05 Å². The second kappa shape index (κ2) is 11.3. The molecular weight excluding hydrogens is 347 g/mol. The molecule has 0 aliphatic carbocycles. The first-order valence-electron chi connectivity index (χ1n) is 7.50. The third-order valence-corrected chi connectivity index (χ3v) is 7.19. The van der Waals surface area contributed by atoms with Gasteiger partial charge in [0.05, 0.1) is 25.7 Å². The van der Waals surface area contributed by atoms with E-state index in [2.05, 4.69) is 56.2 Å². The van der Waals surface area contributed by atoms with Gasteiger partial charge >= 0.3 is 0 Å². The van der Waals surface area contributed by atoms with Crippen molar-refractivity contribution >= 4 is 30.1 Å². The van der Waals surface area contributed by atoms with Crippen LogP contribution in [0.1, 0.15) is 32.8 Å². The molecule has 0 spiro atoms. The van der Waals surface area contributed by atoms with Gasteiger partial charge in [-0.25, -0.2) is 0 Å². The average Bonchev–Trinajstić information content (AvgIpc) is 2.52. The summed E-state index contributed by atoms with van der Waals surface area (Å²) in [6, 6.07) is 10.5. The fraction of sp³-hybridized carbons (Fsp3) is 0.562. The molecule has 0 radical (unpaired) electrons. The van der Waals surface area contributed by atoms with E-state index in [1.165, 1.54) is 10.5 Å². The third-order valence-electron chi connectivity index (χ3n) is 2.54. The lowest BCUT2D eigenvalue weighted by Crippen LogP contribution is -2.08. The van der Waals surface area contributed by atoms with Crippen LogP contribution in [0.5, 0.6) is 0 Å². The number of hydrogen-bond acceptors (Lipinski definition) is 6. The molecule has 4 nitrogen and oxygen atoms in total. The lowest BCUT2D eigenvalue weighted by Gasteiger charge is -2.18. The van der Waals surface area contributed by atoms with Crippen LogP contribution >= 0.6 is 30.1 Å². The van der Waals surface area contributed by atoms with Crippen LogP contribution in [0.2, 0.25) is 0 Å². The first-order chi connectivity index (χ1) is 11.0. The molecule has 0 amide bonds. The minimum absolute atomic E-state index is 0.226. The van der Waals surface area contributed by atoms with Crippen molar-refractivity contribution in [3.8, 4) is 6.07 Å². The smallest absolute Gasteiger partial charge is 0.255 e. The van der Waals surface area contributed by atoms with E-state index in [0.29, 0.717) is 19.6 Å². The van der Waals surface area contributed by atoms with E-state index in [1.807, 2.05) is 28.6 Å². The lowest BCUT2D eigenvalue weighted by molar-refractivity contribution is 0.249. The molecule has 7 heteroatoms. The maximum absolute atomic E-state index is 8.53. The second-order valence-corrected chi connectivity index (χ2v) is 10.2. The van der Waals surface area contributed by atoms with Crippen molar-refractivity contribution in [3.05, 3.63) is 29.8 Å². The minimum atomic E-state index is -1.12. The lowest BCUT2D eigenvalue weighted by atomic mass is 10.2. The fourth-order valence-electron chi connectivity index (χ4n) is 1.54. The highest BCUT2D eigenvalue weighted by atomic mass is 33.1. The SMILES string of the molecule is CNP(OCCC#N)OCCc1ccccc1SSC(C)(C)C. The molecule has 0 saturated carbocycles. The maximum Gasteiger partial charge on any atom is 0.255 e. The largest absolute Gasteiger partial charge is 0.322 e. The van der Waals surface area contributed by atoms with E-state index in [0.717, 1.165) is 6.42 Å². The number of nitrogens with zero attached hydrogens (tertiary/aromatic N) is 1. The molecule has 1 unspecified atom stereocenters. The van der Waals surface area contributed by atoms with Crippen molar-refractivity contribution in [2.45, 2.75) is 43.3 Å². The molecular formula is C16H25N2O2PS2. The van der Waals surface area contributed by atoms with Gasteiger partial charge in [-0.2, -0.15) is 5.26 Å². The van der Waals surface area contributed by atoms with E-state index in [4.69, 9.17) is 14.3 Å². The molecule has 1 N–H and O–H groups in total. The van der Waals surface area contributed by atoms with Gasteiger partial charge in [-0.05, 0) is 25.1 Å². The van der Waals surface area contributed by atoms with E-state index < -0.39 is 8.53 Å². The Labute approximate surface area is 149 Å². The molecule has 128 valence electrons. The molecule has 1 atom stereocenters. The van der Waals surface area contributed by atoms with Crippen LogP contribution in [-0.4, -0.2) is 25.0 Å². The highest BCUT2D eigenvalue weighted by Gasteiger charge is 2.14. The van der Waals surface area contributed by atoms with Crippen molar-refractivity contribution in [3.63, 3.8) is 0 Å². The number of benzene rings is 1. The summed E-state index contributed by atoms with van der Waals surface area (Å²) in [7, 11) is 4.38. The van der Waals surface area contributed by atoms with Crippen molar-refractivity contribution in [1.29, 1.82) is 5.26 Å². The summed E-state index contributed by atoms with van der Waals surface area (Å²) in [6.07, 6.45) is 1.23. The monoisotopic (exact) mass is 372 g/mol. The molecule has 0 heterocycles. The van der Waals surface area contributed by atoms with Crippen LogP contribution in [-0.2, 0) is 15.5 Å². The topological polar surface area (TPSA) is 54.3 Å². The summed E-state index contributed by atoms with van der Waals surface area (Å²) in [4.78, 5) is 1.29. The zero-order valence-electron chi connectivity index (χ0n) is 14.2. The number of hydrogen-bond donors (Lipinski definition) is 1. The first-order valence-corrected chi connectivity index (χ1v) is 10.8. The van der Waals surface area contributed by atoms with Crippen LogP contribution in [0.3, 0.4) is 0 Å². The zero-order valence-corrected chi connectivity index (χ0v) is 16.7. The molecule has 1 aromatic rings. The summed E-state index contributed by atoms with van der Waals surface area (Å²) in [5, 5.41) is 11.5. The van der Waals surface area contributed by atoms with Gasteiger partial charge in [-0.3, -0.25) is 5.09 Å². The van der Waals surface area contributed by atoms with Gasteiger partial charge in [0.1, 0.15) is 0 Å². The standard InChI is InChI=1S/C16H25N2O2PS2/c1-16(2,3)23-22-15-9-6-5-8-14(15)10-13-20-21(18-4)19-12-7-11-17/h5-6,8-9,18H,7,10,12-13H2,1-4H3. The predicted octanol–water partition coefficient (Wildman–Crippen LogP) is 5.16. The summed E-state index contributed by atoms with van der Waals surface area (Å²) in [5.74, 6) is 0. The average molecular weight is 372 g/mol. The third kappa shape index (κ3) is 9.56. The van der Waals surface area contributed by atoms with E-state index in [1.54, 1.807) is 0 Å². The Balaban J connectivity index is 2.46. The molecule has 0 aliphatic rings. The van der Waals surface area contributed by atoms with Crippen LogP contribution in [0.25, 0.3) is 0 Å². The summed E-state index contributed by atoms with van der Waals surface area (Å²) < 4.78 is 11.5. The summed E-state index contributed by atoms with van der Waals surface area (Å²) >= 11 is 0. The molecule has 1 rings (SSSR count). The van der Waals surface area contributed by atoms with Gasteiger partial charge in [0.25, 0.3) is 8.53 Å². The van der Waals surface area contributed by atoms with Gasteiger partial charge in [-0.1, -0.05) is 60.6 Å². The van der Waals surface area contributed by atoms with Crippen molar-refractivity contribution in [2.24, 2.45) is 0 Å². The molecule has 0 fully saturated rings. The van der Waals surface area contributed by atoms with Gasteiger partial charge in [0, 0.05) is 9.64 Å². The van der Waals surface area contributed by atoms with Crippen LogP contribution in [0.4, 0.5) is 0 Å². The molecule has 0 bridgehead atoms. The van der Waals surface area contributed by atoms with Gasteiger partial charge in [-0.15, -0.1) is 0 Å². The van der Waals surface area contributed by atoms with Crippen molar-refractivity contribution < 1.29 is 9.05 Å². The highest BCUT2D eigenvalue weighted by molar-refractivity contribution is 8.77. The molecule has 0 saturated heterocycles. The Morgan fingerprint density at radius 1 is 1.22 bits per heavy atom. The molecule has 0 aromatic heterocycles. The van der Waals surface area contributed by atoms with Crippen LogP contribution < -0.4 is 5.09 Å². The molecule has 0 aliphatic heterocycles. The quantitative estimate of drug-likeness (QED) is 0.348. The Kier molecular flexibility index (Phi) is 10.2. The highest BCUT2D eigenvalue weighted by Crippen LogP contribution is 2.42. The Hall–Kier alpha value is -0.280. The Morgan fingerprint density at radius 3 is 2.57 bits per heavy atom. The Morgan fingerprint density at radius 2 is 1.91 bits per heavy atom.